The van der Waals surface area contributed by atoms with Crippen LogP contribution in [0.15, 0.2) is 48.5 Å². The van der Waals surface area contributed by atoms with Gasteiger partial charge < -0.3 is 5.11 Å². The number of rotatable bonds is 0. The van der Waals surface area contributed by atoms with Crippen LogP contribution in [-0.4, -0.2) is 5.11 Å². The van der Waals surface area contributed by atoms with Crippen LogP contribution in [0.25, 0.3) is 0 Å². The van der Waals surface area contributed by atoms with Crippen molar-refractivity contribution in [3.63, 3.8) is 0 Å². The Balaban J connectivity index is 0.000000165. The summed E-state index contributed by atoms with van der Waals surface area (Å²) in [6.07, 6.45) is 0. The van der Waals surface area contributed by atoms with E-state index < -0.39 is 0 Å². The molecule has 0 atom stereocenters. The molecule has 0 aliphatic carbocycles. The van der Waals surface area contributed by atoms with Crippen LogP contribution in [0.5, 0.6) is 5.75 Å². The molecule has 0 amide bonds. The molecule has 0 heterocycles. The second kappa shape index (κ2) is 6.64. The monoisotopic (exact) mass is 274 g/mol. The van der Waals surface area contributed by atoms with Crippen molar-refractivity contribution in [3.05, 3.63) is 63.6 Å². The lowest BCUT2D eigenvalue weighted by Gasteiger charge is -1.95. The van der Waals surface area contributed by atoms with Crippen LogP contribution in [0, 0.1) is 0 Å². The summed E-state index contributed by atoms with van der Waals surface area (Å²) < 4.78 is 0. The summed E-state index contributed by atoms with van der Waals surface area (Å²) in [5.74, 6) is 0.0177. The van der Waals surface area contributed by atoms with E-state index in [1.165, 1.54) is 6.07 Å². The van der Waals surface area contributed by atoms with Crippen LogP contribution in [0.1, 0.15) is 0 Å². The molecule has 0 saturated carbocycles. The van der Waals surface area contributed by atoms with Gasteiger partial charge in [-0.1, -0.05) is 59.1 Å². The van der Waals surface area contributed by atoms with Gasteiger partial charge in [0.25, 0.3) is 0 Å². The summed E-state index contributed by atoms with van der Waals surface area (Å²) >= 11 is 16.6. The van der Waals surface area contributed by atoms with Crippen LogP contribution in [0.3, 0.4) is 0 Å². The largest absolute Gasteiger partial charge is 0.506 e. The standard InChI is InChI=1S/C6H4Cl2O.C6H5Cl/c7-4-2-1-3-5(9)6(4)8;7-6-4-2-1-3-5-6/h1-3,9H;1-5H. The first-order chi connectivity index (χ1) is 7.61. The zero-order valence-electron chi connectivity index (χ0n) is 8.20. The molecule has 0 saturated heterocycles. The smallest absolute Gasteiger partial charge is 0.135 e. The summed E-state index contributed by atoms with van der Waals surface area (Å²) in [6, 6.07) is 14.2. The number of phenols is 1. The highest BCUT2D eigenvalue weighted by atomic mass is 35.5. The summed E-state index contributed by atoms with van der Waals surface area (Å²) in [7, 11) is 0. The summed E-state index contributed by atoms with van der Waals surface area (Å²) in [5, 5.41) is 10.3. The van der Waals surface area contributed by atoms with Crippen LogP contribution in [-0.2, 0) is 0 Å². The third kappa shape index (κ3) is 4.31. The third-order valence-corrected chi connectivity index (χ3v) is 2.73. The average Bonchev–Trinajstić information content (AvgIpc) is 2.28. The fourth-order valence-electron chi connectivity index (χ4n) is 0.907. The van der Waals surface area contributed by atoms with Gasteiger partial charge in [0, 0.05) is 5.02 Å². The van der Waals surface area contributed by atoms with Crippen molar-refractivity contribution in [2.45, 2.75) is 0 Å². The van der Waals surface area contributed by atoms with Crippen molar-refractivity contribution < 1.29 is 5.11 Å². The predicted molar refractivity (Wildman–Crippen MR) is 69.6 cm³/mol. The van der Waals surface area contributed by atoms with Gasteiger partial charge in [-0.2, -0.15) is 0 Å². The maximum Gasteiger partial charge on any atom is 0.135 e. The van der Waals surface area contributed by atoms with E-state index in [9.17, 15) is 0 Å². The Kier molecular flexibility index (Phi) is 5.47. The minimum absolute atomic E-state index is 0.0177. The van der Waals surface area contributed by atoms with Crippen LogP contribution in [0.4, 0.5) is 0 Å². The number of hydrogen-bond acceptors (Lipinski definition) is 1. The highest BCUT2D eigenvalue weighted by Gasteiger charge is 1.99. The van der Waals surface area contributed by atoms with Crippen molar-refractivity contribution in [3.8, 4) is 5.75 Å². The molecule has 4 heteroatoms. The molecule has 0 unspecified atom stereocenters. The highest BCUT2D eigenvalue weighted by molar-refractivity contribution is 6.42. The Morgan fingerprint density at radius 3 is 1.75 bits per heavy atom. The Morgan fingerprint density at radius 1 is 0.750 bits per heavy atom. The van der Waals surface area contributed by atoms with E-state index in [1.807, 2.05) is 30.3 Å². The summed E-state index contributed by atoms with van der Waals surface area (Å²) in [6.45, 7) is 0. The zero-order valence-corrected chi connectivity index (χ0v) is 10.5. The molecule has 0 aromatic heterocycles. The van der Waals surface area contributed by atoms with Crippen LogP contribution < -0.4 is 0 Å². The SMILES string of the molecule is Clc1ccccc1.Oc1cccc(Cl)c1Cl. The molecule has 1 nitrogen and oxygen atoms in total. The Morgan fingerprint density at radius 2 is 1.38 bits per heavy atom. The normalized spacial score (nSPS) is 9.19. The number of hydrogen-bond donors (Lipinski definition) is 1. The predicted octanol–water partition coefficient (Wildman–Crippen LogP) is 5.04. The Bertz CT molecular complexity index is 423. The maximum absolute atomic E-state index is 8.88. The maximum atomic E-state index is 8.88. The van der Waals surface area contributed by atoms with Crippen molar-refractivity contribution in [2.24, 2.45) is 0 Å². The van der Waals surface area contributed by atoms with Gasteiger partial charge in [-0.25, -0.2) is 0 Å². The van der Waals surface area contributed by atoms with Crippen molar-refractivity contribution >= 4 is 34.8 Å². The van der Waals surface area contributed by atoms with Crippen molar-refractivity contribution in [2.75, 3.05) is 0 Å². The highest BCUT2D eigenvalue weighted by Crippen LogP contribution is 2.29. The minimum Gasteiger partial charge on any atom is -0.506 e. The van der Waals surface area contributed by atoms with E-state index in [0.29, 0.717) is 5.02 Å². The first kappa shape index (κ1) is 13.2. The van der Waals surface area contributed by atoms with Gasteiger partial charge in [0.1, 0.15) is 10.8 Å². The lowest BCUT2D eigenvalue weighted by Crippen LogP contribution is -1.67. The first-order valence-corrected chi connectivity index (χ1v) is 5.58. The van der Waals surface area contributed by atoms with E-state index in [4.69, 9.17) is 39.9 Å². The second-order valence-electron chi connectivity index (χ2n) is 2.87. The van der Waals surface area contributed by atoms with Gasteiger partial charge in [0.15, 0.2) is 0 Å². The molecule has 0 fully saturated rings. The summed E-state index contributed by atoms with van der Waals surface area (Å²) in [5.41, 5.74) is 0. The molecule has 0 bridgehead atoms. The van der Waals surface area contributed by atoms with Gasteiger partial charge in [-0.05, 0) is 24.3 Å². The number of benzene rings is 2. The topological polar surface area (TPSA) is 20.2 Å². The number of halogens is 3. The Labute approximate surface area is 109 Å². The summed E-state index contributed by atoms with van der Waals surface area (Å²) in [4.78, 5) is 0. The molecular formula is C12H9Cl3O. The Hall–Kier alpha value is -0.890. The number of phenolic OH excluding ortho intramolecular Hbond substituents is 1. The molecule has 0 aliphatic heterocycles. The van der Waals surface area contributed by atoms with Gasteiger partial charge in [-0.15, -0.1) is 0 Å². The fraction of sp³-hybridized carbons (Fsp3) is 0. The third-order valence-electron chi connectivity index (χ3n) is 1.66. The molecule has 0 spiro atoms. The van der Waals surface area contributed by atoms with Gasteiger partial charge >= 0.3 is 0 Å². The molecule has 84 valence electrons. The molecule has 2 rings (SSSR count). The van der Waals surface area contributed by atoms with Gasteiger partial charge in [-0.3, -0.25) is 0 Å². The van der Waals surface area contributed by atoms with E-state index >= 15 is 0 Å². The van der Waals surface area contributed by atoms with E-state index in [2.05, 4.69) is 0 Å². The van der Waals surface area contributed by atoms with Crippen molar-refractivity contribution in [1.29, 1.82) is 0 Å². The zero-order chi connectivity index (χ0) is 12.0. The molecule has 2 aromatic rings. The van der Waals surface area contributed by atoms with Crippen molar-refractivity contribution in [1.82, 2.24) is 0 Å². The lowest BCUT2D eigenvalue weighted by molar-refractivity contribution is 0.475. The number of aromatic hydroxyl groups is 1. The molecular weight excluding hydrogens is 266 g/mol. The van der Waals surface area contributed by atoms with E-state index in [-0.39, 0.29) is 10.8 Å². The fourth-order valence-corrected chi connectivity index (χ4v) is 1.35. The molecule has 0 aliphatic rings. The molecule has 16 heavy (non-hydrogen) atoms. The lowest BCUT2D eigenvalue weighted by atomic mass is 10.3. The van der Waals surface area contributed by atoms with Gasteiger partial charge in [0.05, 0.1) is 5.02 Å². The van der Waals surface area contributed by atoms with Crippen LogP contribution in [0.2, 0.25) is 15.1 Å². The quantitative estimate of drug-likeness (QED) is 0.714. The first-order valence-electron chi connectivity index (χ1n) is 4.45. The van der Waals surface area contributed by atoms with Gasteiger partial charge in [0.2, 0.25) is 0 Å². The van der Waals surface area contributed by atoms with Crippen LogP contribution >= 0.6 is 34.8 Å². The molecule has 2 aromatic carbocycles. The second-order valence-corrected chi connectivity index (χ2v) is 4.09. The van der Waals surface area contributed by atoms with E-state index in [1.54, 1.807) is 12.1 Å². The van der Waals surface area contributed by atoms with E-state index in [0.717, 1.165) is 5.02 Å². The minimum atomic E-state index is 0.0177. The molecule has 1 N–H and O–H groups in total. The molecule has 0 radical (unpaired) electrons. The average molecular weight is 276 g/mol.